The van der Waals surface area contributed by atoms with Crippen LogP contribution >= 0.6 is 11.6 Å². The molecule has 0 aliphatic heterocycles. The fourth-order valence-electron chi connectivity index (χ4n) is 1.61. The van der Waals surface area contributed by atoms with Gasteiger partial charge < -0.3 is 15.3 Å². The molecule has 2 aromatic rings. The Balaban J connectivity index is 1.94. The average molecular weight is 321 g/mol. The Kier molecular flexibility index (Phi) is 4.95. The predicted octanol–water partition coefficient (Wildman–Crippen LogP) is 2.16. The first kappa shape index (κ1) is 15.8. The van der Waals surface area contributed by atoms with Gasteiger partial charge in [-0.1, -0.05) is 11.6 Å². The summed E-state index contributed by atoms with van der Waals surface area (Å²) in [5.41, 5.74) is 0.739. The molecule has 0 saturated carbocycles. The second-order valence-corrected chi connectivity index (χ2v) is 4.93. The zero-order valence-corrected chi connectivity index (χ0v) is 12.4. The number of esters is 1. The molecule has 1 atom stereocenters. The Morgan fingerprint density at radius 1 is 1.18 bits per heavy atom. The molecular weight excluding hydrogens is 308 g/mol. The largest absolute Gasteiger partial charge is 0.619 e. The summed E-state index contributed by atoms with van der Waals surface area (Å²) in [5, 5.41) is 14.1. The fourth-order valence-corrected chi connectivity index (χ4v) is 1.73. The monoisotopic (exact) mass is 320 g/mol. The minimum absolute atomic E-state index is 0.193. The summed E-state index contributed by atoms with van der Waals surface area (Å²) in [6.07, 6.45) is 1.37. The van der Waals surface area contributed by atoms with Crippen molar-refractivity contribution < 1.29 is 19.1 Å². The van der Waals surface area contributed by atoms with Gasteiger partial charge in [0.1, 0.15) is 0 Å². The summed E-state index contributed by atoms with van der Waals surface area (Å²) in [5.74, 6) is -1.15. The number of nitrogens with one attached hydrogen (secondary N) is 1. The van der Waals surface area contributed by atoms with E-state index in [1.165, 1.54) is 31.5 Å². The van der Waals surface area contributed by atoms with Gasteiger partial charge in [0.2, 0.25) is 0 Å². The van der Waals surface area contributed by atoms with Gasteiger partial charge in [-0.25, -0.2) is 4.79 Å². The van der Waals surface area contributed by atoms with E-state index in [2.05, 4.69) is 5.32 Å². The normalized spacial score (nSPS) is 11.5. The molecule has 6 nitrogen and oxygen atoms in total. The third kappa shape index (κ3) is 4.20. The van der Waals surface area contributed by atoms with Crippen LogP contribution < -0.4 is 10.0 Å². The molecule has 0 fully saturated rings. The summed E-state index contributed by atoms with van der Waals surface area (Å²) < 4.78 is 5.59. The molecule has 114 valence electrons. The highest BCUT2D eigenvalue weighted by Gasteiger charge is 2.19. The first-order chi connectivity index (χ1) is 10.5. The minimum Gasteiger partial charge on any atom is -0.619 e. The van der Waals surface area contributed by atoms with E-state index in [-0.39, 0.29) is 5.56 Å². The molecule has 22 heavy (non-hydrogen) atoms. The van der Waals surface area contributed by atoms with E-state index >= 15 is 0 Å². The number of hydrogen-bond acceptors (Lipinski definition) is 4. The number of pyridine rings is 1. The van der Waals surface area contributed by atoms with Gasteiger partial charge in [0.25, 0.3) is 5.91 Å². The van der Waals surface area contributed by atoms with E-state index in [1.807, 2.05) is 0 Å². The molecule has 1 aromatic carbocycles. The van der Waals surface area contributed by atoms with Crippen molar-refractivity contribution >= 4 is 29.2 Å². The number of carbonyl (C=O) groups is 2. The lowest BCUT2D eigenvalue weighted by Gasteiger charge is -2.13. The lowest BCUT2D eigenvalue weighted by atomic mass is 10.2. The number of ether oxygens (including phenoxy) is 1. The second-order valence-electron chi connectivity index (χ2n) is 4.49. The van der Waals surface area contributed by atoms with Crippen LogP contribution in [-0.2, 0) is 9.53 Å². The van der Waals surface area contributed by atoms with Crippen molar-refractivity contribution in [3.8, 4) is 0 Å². The third-order valence-electron chi connectivity index (χ3n) is 2.80. The van der Waals surface area contributed by atoms with Crippen molar-refractivity contribution in [1.82, 2.24) is 0 Å². The number of amides is 1. The zero-order chi connectivity index (χ0) is 16.1. The van der Waals surface area contributed by atoms with Gasteiger partial charge in [0, 0.05) is 22.8 Å². The molecule has 0 spiro atoms. The van der Waals surface area contributed by atoms with Gasteiger partial charge in [-0.15, -0.1) is 0 Å². The summed E-state index contributed by atoms with van der Waals surface area (Å²) >= 11 is 5.75. The molecule has 1 heterocycles. The predicted molar refractivity (Wildman–Crippen MR) is 80.4 cm³/mol. The van der Waals surface area contributed by atoms with Crippen molar-refractivity contribution in [2.45, 2.75) is 13.0 Å². The maximum Gasteiger partial charge on any atom is 0.339 e. The Morgan fingerprint density at radius 2 is 1.77 bits per heavy atom. The van der Waals surface area contributed by atoms with Gasteiger partial charge in [0.15, 0.2) is 18.5 Å². The molecule has 1 amide bonds. The highest BCUT2D eigenvalue weighted by atomic mass is 35.5. The molecule has 2 rings (SSSR count). The van der Waals surface area contributed by atoms with E-state index in [4.69, 9.17) is 16.3 Å². The Hall–Kier alpha value is -2.60. The van der Waals surface area contributed by atoms with Gasteiger partial charge in [-0.2, -0.15) is 4.73 Å². The van der Waals surface area contributed by atoms with Crippen molar-refractivity contribution in [2.75, 3.05) is 5.32 Å². The number of halogens is 1. The molecule has 0 radical (unpaired) electrons. The minimum atomic E-state index is -0.984. The van der Waals surface area contributed by atoms with E-state index < -0.39 is 18.0 Å². The molecule has 0 saturated heterocycles. The van der Waals surface area contributed by atoms with Crippen LogP contribution in [0.5, 0.6) is 0 Å². The lowest BCUT2D eigenvalue weighted by molar-refractivity contribution is -0.605. The van der Waals surface area contributed by atoms with Crippen LogP contribution in [0.3, 0.4) is 0 Å². The van der Waals surface area contributed by atoms with E-state index in [9.17, 15) is 14.8 Å². The van der Waals surface area contributed by atoms with Gasteiger partial charge in [-0.3, -0.25) is 4.79 Å². The number of carbonyl (C=O) groups excluding carboxylic acids is 2. The summed E-state index contributed by atoms with van der Waals surface area (Å²) in [4.78, 5) is 23.8. The van der Waals surface area contributed by atoms with Crippen LogP contribution in [0, 0.1) is 5.21 Å². The molecule has 0 bridgehead atoms. The van der Waals surface area contributed by atoms with Crippen LogP contribution in [0.4, 0.5) is 5.69 Å². The summed E-state index contributed by atoms with van der Waals surface area (Å²) in [6.45, 7) is 1.46. The molecule has 0 aliphatic carbocycles. The van der Waals surface area contributed by atoms with Crippen molar-refractivity contribution in [3.63, 3.8) is 0 Å². The quantitative estimate of drug-likeness (QED) is 0.531. The smallest absolute Gasteiger partial charge is 0.339 e. The lowest BCUT2D eigenvalue weighted by Crippen LogP contribution is -2.30. The molecule has 0 aliphatic rings. The summed E-state index contributed by atoms with van der Waals surface area (Å²) in [7, 11) is 0. The maximum atomic E-state index is 11.9. The van der Waals surface area contributed by atoms with Crippen LogP contribution in [0.15, 0.2) is 48.8 Å². The number of anilines is 1. The molecule has 0 unspecified atom stereocenters. The van der Waals surface area contributed by atoms with Crippen LogP contribution in [0.2, 0.25) is 5.02 Å². The maximum absolute atomic E-state index is 11.9. The van der Waals surface area contributed by atoms with E-state index in [1.54, 1.807) is 24.3 Å². The van der Waals surface area contributed by atoms with Crippen LogP contribution in [-0.4, -0.2) is 18.0 Å². The van der Waals surface area contributed by atoms with Crippen molar-refractivity contribution in [3.05, 3.63) is 64.6 Å². The number of benzene rings is 1. The van der Waals surface area contributed by atoms with Gasteiger partial charge in [-0.05, 0) is 31.2 Å². The number of rotatable bonds is 4. The van der Waals surface area contributed by atoms with Crippen LogP contribution in [0.1, 0.15) is 17.3 Å². The highest BCUT2D eigenvalue weighted by molar-refractivity contribution is 6.30. The molecular formula is C15H13ClN2O4. The number of nitrogens with zero attached hydrogens (tertiary/aromatic N) is 1. The van der Waals surface area contributed by atoms with Gasteiger partial charge >= 0.3 is 5.97 Å². The molecule has 1 aromatic heterocycles. The molecule has 1 N–H and O–H groups in total. The number of hydrogen-bond donors (Lipinski definition) is 1. The SMILES string of the molecule is C[C@@H](OC(=O)c1cc[n+]([O-])cc1)C(=O)Nc1ccc(Cl)cc1. The van der Waals surface area contributed by atoms with Gasteiger partial charge in [0.05, 0.1) is 5.56 Å². The number of aromatic nitrogens is 1. The topological polar surface area (TPSA) is 82.3 Å². The standard InChI is InChI=1S/C15H13ClN2O4/c1-10(14(19)17-13-4-2-12(16)3-5-13)22-15(20)11-6-8-18(21)9-7-11/h2-10H,1H3,(H,17,19)/t10-/m1/s1. The van der Waals surface area contributed by atoms with Crippen LogP contribution in [0.25, 0.3) is 0 Å². The Morgan fingerprint density at radius 3 is 2.36 bits per heavy atom. The van der Waals surface area contributed by atoms with Crippen molar-refractivity contribution in [2.24, 2.45) is 0 Å². The Labute approximate surface area is 131 Å². The molecule has 7 heteroatoms. The Bertz CT molecular complexity index is 671. The third-order valence-corrected chi connectivity index (χ3v) is 3.05. The second kappa shape index (κ2) is 6.91. The first-order valence-corrected chi connectivity index (χ1v) is 6.80. The van der Waals surface area contributed by atoms with Crippen molar-refractivity contribution in [1.29, 1.82) is 0 Å². The summed E-state index contributed by atoms with van der Waals surface area (Å²) in [6, 6.07) is 9.18. The van der Waals surface area contributed by atoms with E-state index in [0.29, 0.717) is 15.4 Å². The highest BCUT2D eigenvalue weighted by Crippen LogP contribution is 2.14. The zero-order valence-electron chi connectivity index (χ0n) is 11.7. The fraction of sp³-hybridized carbons (Fsp3) is 0.133. The average Bonchev–Trinajstić information content (AvgIpc) is 2.50. The first-order valence-electron chi connectivity index (χ1n) is 6.42. The van der Waals surface area contributed by atoms with E-state index in [0.717, 1.165) is 0 Å².